The van der Waals surface area contributed by atoms with E-state index in [1.165, 1.54) is 0 Å². The van der Waals surface area contributed by atoms with Crippen LogP contribution in [0.3, 0.4) is 0 Å². The third kappa shape index (κ3) is 5.19. The van der Waals surface area contributed by atoms with Gasteiger partial charge in [0.1, 0.15) is 12.6 Å². The van der Waals surface area contributed by atoms with Crippen molar-refractivity contribution in [1.82, 2.24) is 5.32 Å². The van der Waals surface area contributed by atoms with E-state index in [1.54, 1.807) is 6.07 Å². The zero-order valence-electron chi connectivity index (χ0n) is 20.9. The van der Waals surface area contributed by atoms with Crippen molar-refractivity contribution < 1.29 is 24.2 Å². The number of halogens is 2. The summed E-state index contributed by atoms with van der Waals surface area (Å²) in [5.41, 5.74) is 6.47. The fourth-order valence-corrected chi connectivity index (χ4v) is 5.98. The number of ether oxygens (including phenoxy) is 2. The van der Waals surface area contributed by atoms with Crippen LogP contribution in [0.15, 0.2) is 54.6 Å². The average molecular weight is 555 g/mol. The smallest absolute Gasteiger partial charge is 0.407 e. The Labute approximate surface area is 231 Å². The number of amides is 1. The molecule has 1 unspecified atom stereocenters. The van der Waals surface area contributed by atoms with Crippen LogP contribution in [0.25, 0.3) is 11.1 Å². The van der Waals surface area contributed by atoms with Gasteiger partial charge in [0.15, 0.2) is 0 Å². The van der Waals surface area contributed by atoms with Gasteiger partial charge in [-0.25, -0.2) is 9.59 Å². The fourth-order valence-electron chi connectivity index (χ4n) is 5.24. The van der Waals surface area contributed by atoms with E-state index >= 15 is 0 Å². The molecule has 0 aromatic heterocycles. The largest absolute Gasteiger partial charge is 0.480 e. The predicted octanol–water partition coefficient (Wildman–Crippen LogP) is 5.67. The van der Waals surface area contributed by atoms with Gasteiger partial charge in [-0.15, -0.1) is 0 Å². The first-order valence-corrected chi connectivity index (χ1v) is 13.2. The molecule has 3 aromatic rings. The van der Waals surface area contributed by atoms with Crippen LogP contribution in [0.2, 0.25) is 10.0 Å². The number of rotatable bonds is 7. The highest BCUT2D eigenvalue weighted by molar-refractivity contribution is 6.39. The molecule has 2 N–H and O–H groups in total. The van der Waals surface area contributed by atoms with E-state index in [0.717, 1.165) is 27.8 Å². The number of carbonyl (C=O) groups excluding carboxylic acids is 1. The van der Waals surface area contributed by atoms with E-state index in [0.29, 0.717) is 47.6 Å². The summed E-state index contributed by atoms with van der Waals surface area (Å²) >= 11 is 13.3. The van der Waals surface area contributed by atoms with Crippen LogP contribution in [0.1, 0.15) is 28.2 Å². The molecule has 1 atom stereocenters. The Morgan fingerprint density at radius 1 is 1.08 bits per heavy atom. The van der Waals surface area contributed by atoms with E-state index in [9.17, 15) is 14.7 Å². The Hall–Kier alpha value is -3.26. The van der Waals surface area contributed by atoms with E-state index in [1.807, 2.05) is 43.3 Å². The minimum absolute atomic E-state index is 0.00813. The maximum atomic E-state index is 12.7. The molecular formula is C29H28Cl2N2O5. The molecule has 0 radical (unpaired) electrons. The lowest BCUT2D eigenvalue weighted by atomic mass is 9.98. The summed E-state index contributed by atoms with van der Waals surface area (Å²) in [6.07, 6.45) is -0.784. The SMILES string of the molecule is Cc1c(CC(NC(=O)OCC2c3ccccc3-c3ccccc32)C(=O)O)cc(Cl)c(N2CCOCC2)c1Cl. The molecule has 1 aliphatic heterocycles. The van der Waals surface area contributed by atoms with E-state index in [-0.39, 0.29) is 18.9 Å². The van der Waals surface area contributed by atoms with Crippen molar-refractivity contribution in [2.75, 3.05) is 37.8 Å². The topological polar surface area (TPSA) is 88.1 Å². The Morgan fingerprint density at radius 2 is 1.68 bits per heavy atom. The lowest BCUT2D eigenvalue weighted by molar-refractivity contribution is -0.139. The standard InChI is InChI=1S/C29H28Cl2N2O5/c1-17-18(14-24(30)27(26(17)31)33-10-12-37-13-11-33)15-25(28(34)35)32-29(36)38-16-23-21-8-4-2-6-19(21)20-7-3-5-9-22(20)23/h2-9,14,23,25H,10-13,15-16H2,1H3,(H,32,36)(H,34,35). The molecule has 1 fully saturated rings. The molecule has 38 heavy (non-hydrogen) atoms. The highest BCUT2D eigenvalue weighted by Gasteiger charge is 2.30. The number of nitrogens with zero attached hydrogens (tertiary/aromatic N) is 1. The Morgan fingerprint density at radius 3 is 2.29 bits per heavy atom. The number of aliphatic carboxylic acids is 1. The van der Waals surface area contributed by atoms with Gasteiger partial charge in [0.2, 0.25) is 0 Å². The summed E-state index contributed by atoms with van der Waals surface area (Å²) < 4.78 is 11.0. The zero-order chi connectivity index (χ0) is 26.8. The first-order valence-electron chi connectivity index (χ1n) is 12.5. The number of alkyl carbamates (subject to hydrolysis) is 1. The van der Waals surface area contributed by atoms with Gasteiger partial charge in [-0.05, 0) is 46.4 Å². The molecule has 1 heterocycles. The third-order valence-electron chi connectivity index (χ3n) is 7.23. The molecule has 198 valence electrons. The maximum absolute atomic E-state index is 12.7. The van der Waals surface area contributed by atoms with E-state index < -0.39 is 18.1 Å². The minimum Gasteiger partial charge on any atom is -0.480 e. The van der Waals surface area contributed by atoms with Gasteiger partial charge in [-0.1, -0.05) is 71.7 Å². The van der Waals surface area contributed by atoms with Crippen molar-refractivity contribution in [2.45, 2.75) is 25.3 Å². The number of carboxylic acid groups (broad SMARTS) is 1. The summed E-state index contributed by atoms with van der Waals surface area (Å²) in [4.78, 5) is 26.9. The molecule has 0 bridgehead atoms. The second kappa shape index (κ2) is 11.2. The first-order chi connectivity index (χ1) is 18.3. The molecule has 5 rings (SSSR count). The monoisotopic (exact) mass is 554 g/mol. The molecular weight excluding hydrogens is 527 g/mol. The van der Waals surface area contributed by atoms with Crippen molar-refractivity contribution in [3.63, 3.8) is 0 Å². The van der Waals surface area contributed by atoms with Gasteiger partial charge >= 0.3 is 12.1 Å². The van der Waals surface area contributed by atoms with Crippen LogP contribution < -0.4 is 10.2 Å². The van der Waals surface area contributed by atoms with Gasteiger partial charge < -0.3 is 24.8 Å². The van der Waals surface area contributed by atoms with Crippen molar-refractivity contribution >= 4 is 41.0 Å². The van der Waals surface area contributed by atoms with Crippen molar-refractivity contribution in [3.05, 3.63) is 86.9 Å². The molecule has 3 aromatic carbocycles. The number of fused-ring (bicyclic) bond motifs is 3. The van der Waals surface area contributed by atoms with Crippen molar-refractivity contribution in [1.29, 1.82) is 0 Å². The molecule has 0 saturated carbocycles. The van der Waals surface area contributed by atoms with Crippen molar-refractivity contribution in [2.24, 2.45) is 0 Å². The summed E-state index contributed by atoms with van der Waals surface area (Å²) in [6, 6.07) is 16.6. The first kappa shape index (κ1) is 26.4. The fraction of sp³-hybridized carbons (Fsp3) is 0.310. The Bertz CT molecular complexity index is 1330. The van der Waals surface area contributed by atoms with Crippen molar-refractivity contribution in [3.8, 4) is 11.1 Å². The van der Waals surface area contributed by atoms with Crippen LogP contribution in [-0.4, -0.2) is 56.1 Å². The molecule has 1 saturated heterocycles. The predicted molar refractivity (Wildman–Crippen MR) is 148 cm³/mol. The van der Waals surface area contributed by atoms with E-state index in [2.05, 4.69) is 22.3 Å². The lowest BCUT2D eigenvalue weighted by Crippen LogP contribution is -2.43. The molecule has 9 heteroatoms. The number of carboxylic acids is 1. The normalized spacial score (nSPS) is 15.5. The number of carbonyl (C=O) groups is 2. The summed E-state index contributed by atoms with van der Waals surface area (Å²) in [5.74, 6) is -1.30. The number of hydrogen-bond donors (Lipinski definition) is 2. The number of hydrogen-bond acceptors (Lipinski definition) is 5. The maximum Gasteiger partial charge on any atom is 0.407 e. The minimum atomic E-state index is -1.22. The highest BCUT2D eigenvalue weighted by atomic mass is 35.5. The Kier molecular flexibility index (Phi) is 7.79. The van der Waals surface area contributed by atoms with Gasteiger partial charge in [-0.2, -0.15) is 0 Å². The second-order valence-corrected chi connectivity index (χ2v) is 10.3. The third-order valence-corrected chi connectivity index (χ3v) is 7.98. The molecule has 1 amide bonds. The van der Waals surface area contributed by atoms with Crippen LogP contribution >= 0.6 is 23.2 Å². The Balaban J connectivity index is 1.28. The quantitative estimate of drug-likeness (QED) is 0.391. The second-order valence-electron chi connectivity index (χ2n) is 9.47. The van der Waals surface area contributed by atoms with Crippen LogP contribution in [-0.2, 0) is 20.7 Å². The van der Waals surface area contributed by atoms with Gasteiger partial charge in [0.05, 0.1) is 28.9 Å². The number of morpholine rings is 1. The zero-order valence-corrected chi connectivity index (χ0v) is 22.4. The average Bonchev–Trinajstić information content (AvgIpc) is 3.24. The molecule has 1 aliphatic carbocycles. The van der Waals surface area contributed by atoms with Crippen LogP contribution in [0.4, 0.5) is 10.5 Å². The van der Waals surface area contributed by atoms with Gasteiger partial charge in [0.25, 0.3) is 0 Å². The van der Waals surface area contributed by atoms with E-state index in [4.69, 9.17) is 32.7 Å². The van der Waals surface area contributed by atoms with Gasteiger partial charge in [0, 0.05) is 25.4 Å². The van der Waals surface area contributed by atoms with Gasteiger partial charge in [-0.3, -0.25) is 0 Å². The van der Waals surface area contributed by atoms with Crippen LogP contribution in [0, 0.1) is 6.92 Å². The lowest BCUT2D eigenvalue weighted by Gasteiger charge is -2.31. The molecule has 0 spiro atoms. The molecule has 7 nitrogen and oxygen atoms in total. The summed E-state index contributed by atoms with van der Waals surface area (Å²) in [7, 11) is 0. The number of anilines is 1. The number of nitrogens with one attached hydrogen (secondary N) is 1. The summed E-state index contributed by atoms with van der Waals surface area (Å²) in [6.45, 7) is 4.41. The highest BCUT2D eigenvalue weighted by Crippen LogP contribution is 2.44. The molecule has 2 aliphatic rings. The van der Waals surface area contributed by atoms with Crippen LogP contribution in [0.5, 0.6) is 0 Å². The summed E-state index contributed by atoms with van der Waals surface area (Å²) in [5, 5.41) is 13.3. The number of benzene rings is 3.